The van der Waals surface area contributed by atoms with Crippen LogP contribution >= 0.6 is 15.9 Å². The van der Waals surface area contributed by atoms with E-state index in [1.54, 1.807) is 0 Å². The molecule has 0 radical (unpaired) electrons. The van der Waals surface area contributed by atoms with Gasteiger partial charge in [-0.1, -0.05) is 33.6 Å². The van der Waals surface area contributed by atoms with Crippen molar-refractivity contribution in [2.45, 2.75) is 32.6 Å². The van der Waals surface area contributed by atoms with Crippen molar-refractivity contribution in [1.29, 1.82) is 0 Å². The molecule has 2 heteroatoms. The largest absolute Gasteiger partial charge is 0.316 e. The summed E-state index contributed by atoms with van der Waals surface area (Å²) in [5, 5.41) is 3.48. The fraction of sp³-hybridized carbons (Fsp3) is 0.538. The van der Waals surface area contributed by atoms with Gasteiger partial charge in [-0.3, -0.25) is 0 Å². The zero-order chi connectivity index (χ0) is 10.8. The zero-order valence-electron chi connectivity index (χ0n) is 9.44. The molecule has 1 N–H and O–H groups in total. The molecule has 1 aliphatic rings. The Morgan fingerprint density at radius 3 is 2.80 bits per heavy atom. The first-order valence-electron chi connectivity index (χ1n) is 5.66. The van der Waals surface area contributed by atoms with E-state index in [-0.39, 0.29) is 0 Å². The van der Waals surface area contributed by atoms with Gasteiger partial charge in [0, 0.05) is 11.0 Å². The molecule has 1 heterocycles. The Hall–Kier alpha value is -0.340. The van der Waals surface area contributed by atoms with E-state index in [1.165, 1.54) is 40.5 Å². The number of benzene rings is 1. The summed E-state index contributed by atoms with van der Waals surface area (Å²) in [5.41, 5.74) is 4.21. The molecule has 1 saturated heterocycles. The van der Waals surface area contributed by atoms with E-state index in [4.69, 9.17) is 0 Å². The van der Waals surface area contributed by atoms with Gasteiger partial charge < -0.3 is 5.32 Å². The molecule has 0 amide bonds. The van der Waals surface area contributed by atoms with Gasteiger partial charge in [-0.25, -0.2) is 0 Å². The number of aryl methyl sites for hydroxylation is 2. The lowest BCUT2D eigenvalue weighted by atomic mass is 9.90. The van der Waals surface area contributed by atoms with Crippen molar-refractivity contribution in [3.8, 4) is 0 Å². The molecule has 1 aromatic carbocycles. The van der Waals surface area contributed by atoms with Gasteiger partial charge in [0.15, 0.2) is 0 Å². The maximum Gasteiger partial charge on any atom is 0.0240 e. The van der Waals surface area contributed by atoms with Crippen LogP contribution in [0.25, 0.3) is 0 Å². The van der Waals surface area contributed by atoms with E-state index in [0.717, 1.165) is 6.54 Å². The summed E-state index contributed by atoms with van der Waals surface area (Å²) in [4.78, 5) is 0. The highest BCUT2D eigenvalue weighted by Gasteiger charge is 2.18. The molecule has 1 fully saturated rings. The van der Waals surface area contributed by atoms with Crippen LogP contribution in [0.2, 0.25) is 0 Å². The lowest BCUT2D eigenvalue weighted by Gasteiger charge is -2.25. The molecule has 0 spiro atoms. The molecule has 82 valence electrons. The Kier molecular flexibility index (Phi) is 3.47. The second kappa shape index (κ2) is 4.67. The summed E-state index contributed by atoms with van der Waals surface area (Å²) < 4.78 is 1.31. The van der Waals surface area contributed by atoms with E-state index < -0.39 is 0 Å². The van der Waals surface area contributed by atoms with Gasteiger partial charge in [-0.15, -0.1) is 0 Å². The number of rotatable bonds is 1. The standard InChI is InChI=1S/C13H18BrN/c1-9-6-10(2)13(14)12(7-9)11-4-3-5-15-8-11/h6-7,11,15H,3-5,8H2,1-2H3. The van der Waals surface area contributed by atoms with Gasteiger partial charge in [0.1, 0.15) is 0 Å². The monoisotopic (exact) mass is 267 g/mol. The van der Waals surface area contributed by atoms with Crippen molar-refractivity contribution in [2.75, 3.05) is 13.1 Å². The van der Waals surface area contributed by atoms with Crippen LogP contribution in [0, 0.1) is 13.8 Å². The van der Waals surface area contributed by atoms with Crippen LogP contribution in [0.5, 0.6) is 0 Å². The van der Waals surface area contributed by atoms with Crippen LogP contribution in [-0.4, -0.2) is 13.1 Å². The summed E-state index contributed by atoms with van der Waals surface area (Å²) in [6.45, 7) is 6.66. The quantitative estimate of drug-likeness (QED) is 0.821. The number of hydrogen-bond acceptors (Lipinski definition) is 1. The molecule has 1 unspecified atom stereocenters. The second-order valence-corrected chi connectivity index (χ2v) is 5.32. The zero-order valence-corrected chi connectivity index (χ0v) is 11.0. The summed E-state index contributed by atoms with van der Waals surface area (Å²) in [5.74, 6) is 0.687. The van der Waals surface area contributed by atoms with Crippen LogP contribution in [0.4, 0.5) is 0 Å². The van der Waals surface area contributed by atoms with Gasteiger partial charge >= 0.3 is 0 Å². The molecule has 0 bridgehead atoms. The van der Waals surface area contributed by atoms with Crippen molar-refractivity contribution >= 4 is 15.9 Å². The van der Waals surface area contributed by atoms with Crippen LogP contribution < -0.4 is 5.32 Å². The topological polar surface area (TPSA) is 12.0 Å². The Balaban J connectivity index is 2.33. The second-order valence-electron chi connectivity index (χ2n) is 4.53. The number of hydrogen-bond donors (Lipinski definition) is 1. The Morgan fingerprint density at radius 1 is 1.33 bits per heavy atom. The molecule has 15 heavy (non-hydrogen) atoms. The smallest absolute Gasteiger partial charge is 0.0240 e. The lowest BCUT2D eigenvalue weighted by Crippen LogP contribution is -2.28. The number of piperidine rings is 1. The summed E-state index contributed by atoms with van der Waals surface area (Å²) in [7, 11) is 0. The average molecular weight is 268 g/mol. The van der Waals surface area contributed by atoms with Gasteiger partial charge in [0.05, 0.1) is 0 Å². The van der Waals surface area contributed by atoms with E-state index in [9.17, 15) is 0 Å². The predicted octanol–water partition coefficient (Wildman–Crippen LogP) is 3.53. The Labute approximate surface area is 100 Å². The Morgan fingerprint density at radius 2 is 2.13 bits per heavy atom. The highest BCUT2D eigenvalue weighted by atomic mass is 79.9. The maximum absolute atomic E-state index is 3.72. The SMILES string of the molecule is Cc1cc(C)c(Br)c(C2CCCNC2)c1. The molecular weight excluding hydrogens is 250 g/mol. The van der Waals surface area contributed by atoms with Crippen molar-refractivity contribution in [1.82, 2.24) is 5.32 Å². The molecule has 1 aliphatic heterocycles. The summed E-state index contributed by atoms with van der Waals surface area (Å²) in [6, 6.07) is 4.57. The minimum atomic E-state index is 0.687. The third-order valence-corrected chi connectivity index (χ3v) is 4.25. The first-order chi connectivity index (χ1) is 7.18. The molecule has 1 nitrogen and oxygen atoms in total. The van der Waals surface area contributed by atoms with Crippen molar-refractivity contribution in [2.24, 2.45) is 0 Å². The fourth-order valence-corrected chi connectivity index (χ4v) is 2.95. The number of halogens is 1. The normalized spacial score (nSPS) is 21.7. The van der Waals surface area contributed by atoms with Crippen molar-refractivity contribution < 1.29 is 0 Å². The average Bonchev–Trinajstić information content (AvgIpc) is 2.24. The highest BCUT2D eigenvalue weighted by molar-refractivity contribution is 9.10. The maximum atomic E-state index is 3.72. The first kappa shape index (κ1) is 11.2. The number of nitrogens with one attached hydrogen (secondary N) is 1. The lowest BCUT2D eigenvalue weighted by molar-refractivity contribution is 0.460. The van der Waals surface area contributed by atoms with E-state index in [1.807, 2.05) is 0 Å². The summed E-state index contributed by atoms with van der Waals surface area (Å²) in [6.07, 6.45) is 2.61. The van der Waals surface area contributed by atoms with Gasteiger partial charge in [0.2, 0.25) is 0 Å². The first-order valence-corrected chi connectivity index (χ1v) is 6.45. The fourth-order valence-electron chi connectivity index (χ4n) is 2.40. The van der Waals surface area contributed by atoms with Crippen LogP contribution in [0.3, 0.4) is 0 Å². The molecule has 2 rings (SSSR count). The van der Waals surface area contributed by atoms with Crippen molar-refractivity contribution in [3.63, 3.8) is 0 Å². The molecule has 0 aromatic heterocycles. The van der Waals surface area contributed by atoms with Gasteiger partial charge in [-0.05, 0) is 50.3 Å². The van der Waals surface area contributed by atoms with E-state index >= 15 is 0 Å². The molecule has 1 atom stereocenters. The molecule has 0 aliphatic carbocycles. The van der Waals surface area contributed by atoms with E-state index in [0.29, 0.717) is 5.92 Å². The Bertz CT molecular complexity index is 354. The minimum Gasteiger partial charge on any atom is -0.316 e. The van der Waals surface area contributed by atoms with Crippen LogP contribution in [0.1, 0.15) is 35.4 Å². The molecule has 0 saturated carbocycles. The van der Waals surface area contributed by atoms with Crippen LogP contribution in [0.15, 0.2) is 16.6 Å². The van der Waals surface area contributed by atoms with E-state index in [2.05, 4.69) is 47.2 Å². The van der Waals surface area contributed by atoms with Gasteiger partial charge in [0.25, 0.3) is 0 Å². The summed E-state index contributed by atoms with van der Waals surface area (Å²) >= 11 is 3.72. The minimum absolute atomic E-state index is 0.687. The van der Waals surface area contributed by atoms with Crippen molar-refractivity contribution in [3.05, 3.63) is 33.3 Å². The molecule has 1 aromatic rings. The third-order valence-electron chi connectivity index (χ3n) is 3.16. The third kappa shape index (κ3) is 2.43. The molecular formula is C13H18BrN. The van der Waals surface area contributed by atoms with Gasteiger partial charge in [-0.2, -0.15) is 0 Å². The predicted molar refractivity (Wildman–Crippen MR) is 68.5 cm³/mol. The van der Waals surface area contributed by atoms with Crippen LogP contribution in [-0.2, 0) is 0 Å². The highest BCUT2D eigenvalue weighted by Crippen LogP contribution is 2.32.